The summed E-state index contributed by atoms with van der Waals surface area (Å²) in [5, 5.41) is 0. The monoisotopic (exact) mass is 181 g/mol. The van der Waals surface area contributed by atoms with Crippen LogP contribution in [0.5, 0.6) is 0 Å². The molecule has 1 aromatic carbocycles. The van der Waals surface area contributed by atoms with Gasteiger partial charge in [-0.05, 0) is 30.0 Å². The molecule has 2 N–H and O–H groups in total. The van der Waals surface area contributed by atoms with Crippen molar-refractivity contribution in [2.24, 2.45) is 5.73 Å². The Kier molecular flexibility index (Phi) is 3.04. The number of hydrogen-bond donors (Lipinski definition) is 1. The molecule has 0 aromatic heterocycles. The molecular formula is C11H16FN. The molecule has 0 aliphatic carbocycles. The molecule has 13 heavy (non-hydrogen) atoms. The van der Waals surface area contributed by atoms with E-state index in [-0.39, 0.29) is 17.8 Å². The van der Waals surface area contributed by atoms with Crippen LogP contribution in [0.1, 0.15) is 43.9 Å². The first kappa shape index (κ1) is 10.2. The van der Waals surface area contributed by atoms with Gasteiger partial charge in [0.2, 0.25) is 0 Å². The van der Waals surface area contributed by atoms with Crippen LogP contribution in [-0.4, -0.2) is 0 Å². The maximum Gasteiger partial charge on any atom is 0.126 e. The highest BCUT2D eigenvalue weighted by molar-refractivity contribution is 5.28. The quantitative estimate of drug-likeness (QED) is 0.745. The van der Waals surface area contributed by atoms with Gasteiger partial charge in [-0.2, -0.15) is 0 Å². The van der Waals surface area contributed by atoms with Crippen molar-refractivity contribution in [2.75, 3.05) is 0 Å². The van der Waals surface area contributed by atoms with E-state index in [0.717, 1.165) is 11.1 Å². The largest absolute Gasteiger partial charge is 0.324 e. The van der Waals surface area contributed by atoms with Gasteiger partial charge in [0.25, 0.3) is 0 Å². The van der Waals surface area contributed by atoms with E-state index in [1.807, 2.05) is 26.8 Å². The van der Waals surface area contributed by atoms with Crippen molar-refractivity contribution in [3.63, 3.8) is 0 Å². The molecule has 1 rings (SSSR count). The van der Waals surface area contributed by atoms with Gasteiger partial charge in [0.05, 0.1) is 0 Å². The summed E-state index contributed by atoms with van der Waals surface area (Å²) in [4.78, 5) is 0. The normalized spacial score (nSPS) is 13.4. The van der Waals surface area contributed by atoms with Gasteiger partial charge in [-0.3, -0.25) is 0 Å². The number of halogens is 1. The zero-order chi connectivity index (χ0) is 10.0. The minimum absolute atomic E-state index is 0.0295. The van der Waals surface area contributed by atoms with E-state index in [1.165, 1.54) is 6.07 Å². The van der Waals surface area contributed by atoms with Crippen molar-refractivity contribution in [3.8, 4) is 0 Å². The van der Waals surface area contributed by atoms with Gasteiger partial charge >= 0.3 is 0 Å². The third-order valence-corrected chi connectivity index (χ3v) is 2.17. The van der Waals surface area contributed by atoms with Gasteiger partial charge in [0.15, 0.2) is 0 Å². The highest BCUT2D eigenvalue weighted by Gasteiger charge is 2.08. The lowest BCUT2D eigenvalue weighted by atomic mass is 9.98. The number of benzene rings is 1. The van der Waals surface area contributed by atoms with Crippen LogP contribution in [0.3, 0.4) is 0 Å². The van der Waals surface area contributed by atoms with Gasteiger partial charge in [-0.25, -0.2) is 4.39 Å². The predicted octanol–water partition coefficient (Wildman–Crippen LogP) is 2.97. The summed E-state index contributed by atoms with van der Waals surface area (Å²) in [6.45, 7) is 5.85. The summed E-state index contributed by atoms with van der Waals surface area (Å²) < 4.78 is 13.2. The Morgan fingerprint density at radius 1 is 1.23 bits per heavy atom. The van der Waals surface area contributed by atoms with Crippen LogP contribution in [-0.2, 0) is 0 Å². The maximum absolute atomic E-state index is 13.2. The fraction of sp³-hybridized carbons (Fsp3) is 0.455. The fourth-order valence-electron chi connectivity index (χ4n) is 1.29. The first-order valence-electron chi connectivity index (χ1n) is 4.57. The van der Waals surface area contributed by atoms with Crippen molar-refractivity contribution in [1.29, 1.82) is 0 Å². The molecule has 0 aliphatic heterocycles. The second-order valence-corrected chi connectivity index (χ2v) is 3.72. The molecule has 0 heterocycles. The molecule has 0 fully saturated rings. The van der Waals surface area contributed by atoms with Crippen LogP contribution in [0.2, 0.25) is 0 Å². The van der Waals surface area contributed by atoms with E-state index in [2.05, 4.69) is 0 Å². The molecule has 0 saturated carbocycles. The van der Waals surface area contributed by atoms with E-state index in [1.54, 1.807) is 6.07 Å². The van der Waals surface area contributed by atoms with E-state index < -0.39 is 0 Å². The van der Waals surface area contributed by atoms with Crippen LogP contribution < -0.4 is 5.73 Å². The highest BCUT2D eigenvalue weighted by atomic mass is 19.1. The van der Waals surface area contributed by atoms with Crippen LogP contribution in [0, 0.1) is 5.82 Å². The Morgan fingerprint density at radius 3 is 2.31 bits per heavy atom. The Labute approximate surface area is 78.8 Å². The molecule has 1 atom stereocenters. The molecule has 0 bridgehead atoms. The smallest absolute Gasteiger partial charge is 0.126 e. The van der Waals surface area contributed by atoms with Crippen molar-refractivity contribution < 1.29 is 4.39 Å². The van der Waals surface area contributed by atoms with Crippen molar-refractivity contribution in [3.05, 3.63) is 35.1 Å². The molecular weight excluding hydrogens is 165 g/mol. The Bertz CT molecular complexity index is 292. The van der Waals surface area contributed by atoms with Crippen LogP contribution in [0.15, 0.2) is 18.2 Å². The first-order chi connectivity index (χ1) is 6.02. The second-order valence-electron chi connectivity index (χ2n) is 3.72. The minimum atomic E-state index is -0.139. The SMILES string of the molecule is CC(C)c1cc(C(C)N)ccc1F. The highest BCUT2D eigenvalue weighted by Crippen LogP contribution is 2.21. The Morgan fingerprint density at radius 2 is 1.85 bits per heavy atom. The summed E-state index contributed by atoms with van der Waals surface area (Å²) in [5.41, 5.74) is 7.45. The van der Waals surface area contributed by atoms with E-state index in [4.69, 9.17) is 5.73 Å². The van der Waals surface area contributed by atoms with Crippen LogP contribution >= 0.6 is 0 Å². The van der Waals surface area contributed by atoms with Crippen LogP contribution in [0.25, 0.3) is 0 Å². The average molecular weight is 181 g/mol. The lowest BCUT2D eigenvalue weighted by Crippen LogP contribution is -2.06. The molecule has 0 saturated heterocycles. The van der Waals surface area contributed by atoms with E-state index in [0.29, 0.717) is 0 Å². The lowest BCUT2D eigenvalue weighted by Gasteiger charge is -2.11. The molecule has 0 spiro atoms. The van der Waals surface area contributed by atoms with Gasteiger partial charge in [0.1, 0.15) is 5.82 Å². The molecule has 0 amide bonds. The standard InChI is InChI=1S/C11H16FN/c1-7(2)10-6-9(8(3)13)4-5-11(10)12/h4-8H,13H2,1-3H3. The van der Waals surface area contributed by atoms with Gasteiger partial charge in [-0.15, -0.1) is 0 Å². The Balaban J connectivity index is 3.11. The summed E-state index contributed by atoms with van der Waals surface area (Å²) in [6.07, 6.45) is 0. The zero-order valence-corrected chi connectivity index (χ0v) is 8.34. The topological polar surface area (TPSA) is 26.0 Å². The van der Waals surface area contributed by atoms with Crippen molar-refractivity contribution in [1.82, 2.24) is 0 Å². The number of rotatable bonds is 2. The predicted molar refractivity (Wildman–Crippen MR) is 53.1 cm³/mol. The summed E-state index contributed by atoms with van der Waals surface area (Å²) in [7, 11) is 0. The van der Waals surface area contributed by atoms with Crippen molar-refractivity contribution in [2.45, 2.75) is 32.7 Å². The number of nitrogens with two attached hydrogens (primary N) is 1. The molecule has 2 heteroatoms. The minimum Gasteiger partial charge on any atom is -0.324 e. The van der Waals surface area contributed by atoms with Gasteiger partial charge in [0, 0.05) is 6.04 Å². The van der Waals surface area contributed by atoms with E-state index in [9.17, 15) is 4.39 Å². The third-order valence-electron chi connectivity index (χ3n) is 2.17. The lowest BCUT2D eigenvalue weighted by molar-refractivity contribution is 0.596. The van der Waals surface area contributed by atoms with Crippen LogP contribution in [0.4, 0.5) is 4.39 Å². The average Bonchev–Trinajstić information content (AvgIpc) is 2.04. The van der Waals surface area contributed by atoms with Gasteiger partial charge in [-0.1, -0.05) is 26.0 Å². The second kappa shape index (κ2) is 3.88. The van der Waals surface area contributed by atoms with Gasteiger partial charge < -0.3 is 5.73 Å². The molecule has 0 aliphatic rings. The van der Waals surface area contributed by atoms with Crippen molar-refractivity contribution >= 4 is 0 Å². The van der Waals surface area contributed by atoms with E-state index >= 15 is 0 Å². The fourth-order valence-corrected chi connectivity index (χ4v) is 1.29. The molecule has 1 unspecified atom stereocenters. The number of hydrogen-bond acceptors (Lipinski definition) is 1. The zero-order valence-electron chi connectivity index (χ0n) is 8.34. The Hall–Kier alpha value is -0.890. The first-order valence-corrected chi connectivity index (χ1v) is 4.57. The molecule has 1 nitrogen and oxygen atoms in total. The third kappa shape index (κ3) is 2.28. The summed E-state index contributed by atoms with van der Waals surface area (Å²) in [5.74, 6) is 0.0677. The molecule has 72 valence electrons. The summed E-state index contributed by atoms with van der Waals surface area (Å²) >= 11 is 0. The summed E-state index contributed by atoms with van der Waals surface area (Å²) in [6, 6.07) is 5.06. The maximum atomic E-state index is 13.2. The molecule has 1 aromatic rings. The molecule has 0 radical (unpaired) electrons.